The molecule has 0 radical (unpaired) electrons. The second-order valence-electron chi connectivity index (χ2n) is 4.92. The summed E-state index contributed by atoms with van der Waals surface area (Å²) < 4.78 is 0. The van der Waals surface area contributed by atoms with Gasteiger partial charge in [-0.15, -0.1) is 0 Å². The first-order chi connectivity index (χ1) is 7.04. The summed E-state index contributed by atoms with van der Waals surface area (Å²) in [6.07, 6.45) is -0.257. The van der Waals surface area contributed by atoms with Crippen molar-refractivity contribution in [2.45, 2.75) is 39.7 Å². The number of rotatable bonds is 4. The third-order valence-electron chi connectivity index (χ3n) is 2.95. The van der Waals surface area contributed by atoms with Crippen LogP contribution >= 0.6 is 0 Å². The molecule has 84 valence electrons. The minimum atomic E-state index is -0.257. The Morgan fingerprint density at radius 2 is 1.40 bits per heavy atom. The smallest absolute Gasteiger partial charge is 0.0634 e. The summed E-state index contributed by atoms with van der Waals surface area (Å²) >= 11 is 0. The van der Waals surface area contributed by atoms with Crippen LogP contribution in [0.2, 0.25) is 0 Å². The summed E-state index contributed by atoms with van der Waals surface area (Å²) in [6, 6.07) is 10.3. The van der Waals surface area contributed by atoms with E-state index in [4.69, 9.17) is 0 Å². The topological polar surface area (TPSA) is 20.2 Å². The predicted octanol–water partition coefficient (Wildman–Crippen LogP) is 3.44. The molecule has 0 aliphatic rings. The van der Waals surface area contributed by atoms with Gasteiger partial charge in [0.1, 0.15) is 0 Å². The highest BCUT2D eigenvalue weighted by Crippen LogP contribution is 2.31. The van der Waals surface area contributed by atoms with Gasteiger partial charge in [-0.05, 0) is 17.4 Å². The lowest BCUT2D eigenvalue weighted by Crippen LogP contribution is -2.27. The molecule has 15 heavy (non-hydrogen) atoms. The first-order valence-corrected chi connectivity index (χ1v) is 5.77. The first kappa shape index (κ1) is 12.3. The molecule has 0 saturated heterocycles. The van der Waals surface area contributed by atoms with Gasteiger partial charge in [-0.1, -0.05) is 58.0 Å². The van der Waals surface area contributed by atoms with Crippen LogP contribution < -0.4 is 0 Å². The standard InChI is InChI=1S/C14H22O/c1-10(2)13(14(15)11(3)4)12-8-6-5-7-9-12/h5-11,13-15H,1-4H3/t13-,14+/m0/s1. The van der Waals surface area contributed by atoms with Crippen molar-refractivity contribution in [3.05, 3.63) is 35.9 Å². The molecule has 0 amide bonds. The second-order valence-corrected chi connectivity index (χ2v) is 4.92. The minimum Gasteiger partial charge on any atom is -0.392 e. The quantitative estimate of drug-likeness (QED) is 0.800. The molecule has 0 heterocycles. The molecule has 0 fully saturated rings. The predicted molar refractivity (Wildman–Crippen MR) is 64.9 cm³/mol. The van der Waals surface area contributed by atoms with Gasteiger partial charge >= 0.3 is 0 Å². The van der Waals surface area contributed by atoms with Gasteiger partial charge in [-0.2, -0.15) is 0 Å². The van der Waals surface area contributed by atoms with Crippen LogP contribution in [0.25, 0.3) is 0 Å². The van der Waals surface area contributed by atoms with E-state index in [1.165, 1.54) is 5.56 Å². The molecule has 0 aromatic heterocycles. The Hall–Kier alpha value is -0.820. The summed E-state index contributed by atoms with van der Waals surface area (Å²) in [7, 11) is 0. The zero-order valence-electron chi connectivity index (χ0n) is 10.1. The highest BCUT2D eigenvalue weighted by molar-refractivity contribution is 5.21. The van der Waals surface area contributed by atoms with Gasteiger partial charge in [0.05, 0.1) is 6.10 Å². The molecule has 0 bridgehead atoms. The third-order valence-corrected chi connectivity index (χ3v) is 2.95. The molecule has 1 aromatic rings. The number of hydrogen-bond acceptors (Lipinski definition) is 1. The zero-order valence-corrected chi connectivity index (χ0v) is 10.1. The molecule has 0 saturated carbocycles. The van der Waals surface area contributed by atoms with Gasteiger partial charge in [0.2, 0.25) is 0 Å². The molecule has 1 nitrogen and oxygen atoms in total. The SMILES string of the molecule is CC(C)[C@@H](O)[C@H](c1ccccc1)C(C)C. The molecule has 1 heteroatoms. The summed E-state index contributed by atoms with van der Waals surface area (Å²) in [5.74, 6) is 1.01. The minimum absolute atomic E-state index is 0.242. The summed E-state index contributed by atoms with van der Waals surface area (Å²) in [5.41, 5.74) is 1.24. The van der Waals surface area contributed by atoms with Crippen molar-refractivity contribution in [2.24, 2.45) is 11.8 Å². The summed E-state index contributed by atoms with van der Waals surface area (Å²) in [5, 5.41) is 10.2. The monoisotopic (exact) mass is 206 g/mol. The third kappa shape index (κ3) is 3.07. The van der Waals surface area contributed by atoms with Crippen molar-refractivity contribution in [3.63, 3.8) is 0 Å². The van der Waals surface area contributed by atoms with E-state index >= 15 is 0 Å². The van der Waals surface area contributed by atoms with Crippen LogP contribution in [-0.4, -0.2) is 11.2 Å². The Balaban J connectivity index is 2.93. The summed E-state index contributed by atoms with van der Waals surface area (Å²) in [4.78, 5) is 0. The van der Waals surface area contributed by atoms with E-state index in [2.05, 4.69) is 39.8 Å². The largest absolute Gasteiger partial charge is 0.392 e. The van der Waals surface area contributed by atoms with E-state index in [-0.39, 0.29) is 12.0 Å². The molecule has 0 spiro atoms. The number of benzene rings is 1. The molecular weight excluding hydrogens is 184 g/mol. The average Bonchev–Trinajstić information content (AvgIpc) is 2.18. The van der Waals surface area contributed by atoms with Crippen molar-refractivity contribution in [3.8, 4) is 0 Å². The zero-order chi connectivity index (χ0) is 11.4. The molecule has 0 aliphatic heterocycles. The number of hydrogen-bond donors (Lipinski definition) is 1. The van der Waals surface area contributed by atoms with Crippen LogP contribution in [0.5, 0.6) is 0 Å². The molecular formula is C14H22O. The lowest BCUT2D eigenvalue weighted by molar-refractivity contribution is 0.0788. The van der Waals surface area contributed by atoms with Crippen LogP contribution in [0.1, 0.15) is 39.2 Å². The Morgan fingerprint density at radius 1 is 0.867 bits per heavy atom. The molecule has 2 atom stereocenters. The Labute approximate surface area is 93.1 Å². The molecule has 1 aromatic carbocycles. The highest BCUT2D eigenvalue weighted by atomic mass is 16.3. The molecule has 1 N–H and O–H groups in total. The first-order valence-electron chi connectivity index (χ1n) is 5.77. The molecule has 0 unspecified atom stereocenters. The van der Waals surface area contributed by atoms with Crippen LogP contribution in [0.3, 0.4) is 0 Å². The van der Waals surface area contributed by atoms with Gasteiger partial charge in [-0.3, -0.25) is 0 Å². The Kier molecular flexibility index (Phi) is 4.34. The van der Waals surface area contributed by atoms with Crippen LogP contribution in [0, 0.1) is 11.8 Å². The van der Waals surface area contributed by atoms with Crippen molar-refractivity contribution >= 4 is 0 Å². The van der Waals surface area contributed by atoms with Gasteiger partial charge in [0, 0.05) is 5.92 Å². The highest BCUT2D eigenvalue weighted by Gasteiger charge is 2.26. The molecule has 1 rings (SSSR count). The lowest BCUT2D eigenvalue weighted by atomic mass is 9.80. The Bertz CT molecular complexity index is 277. The van der Waals surface area contributed by atoms with Crippen LogP contribution in [0.4, 0.5) is 0 Å². The van der Waals surface area contributed by atoms with Crippen molar-refractivity contribution in [1.29, 1.82) is 0 Å². The molecule has 0 aliphatic carbocycles. The maximum absolute atomic E-state index is 10.2. The fourth-order valence-electron chi connectivity index (χ4n) is 2.07. The maximum Gasteiger partial charge on any atom is 0.0634 e. The van der Waals surface area contributed by atoms with Gasteiger partial charge < -0.3 is 5.11 Å². The number of aliphatic hydroxyl groups excluding tert-OH is 1. The van der Waals surface area contributed by atoms with Crippen molar-refractivity contribution in [1.82, 2.24) is 0 Å². The van der Waals surface area contributed by atoms with E-state index in [1.54, 1.807) is 0 Å². The normalized spacial score (nSPS) is 15.7. The van der Waals surface area contributed by atoms with E-state index in [0.29, 0.717) is 11.8 Å². The van der Waals surface area contributed by atoms with E-state index in [9.17, 15) is 5.11 Å². The average molecular weight is 206 g/mol. The fourth-order valence-corrected chi connectivity index (χ4v) is 2.07. The van der Waals surface area contributed by atoms with Gasteiger partial charge in [-0.25, -0.2) is 0 Å². The van der Waals surface area contributed by atoms with Gasteiger partial charge in [0.25, 0.3) is 0 Å². The van der Waals surface area contributed by atoms with E-state index < -0.39 is 0 Å². The van der Waals surface area contributed by atoms with Crippen LogP contribution in [-0.2, 0) is 0 Å². The maximum atomic E-state index is 10.2. The fraction of sp³-hybridized carbons (Fsp3) is 0.571. The van der Waals surface area contributed by atoms with E-state index in [1.807, 2.05) is 18.2 Å². The lowest BCUT2D eigenvalue weighted by Gasteiger charge is -2.29. The number of aliphatic hydroxyl groups is 1. The van der Waals surface area contributed by atoms with E-state index in [0.717, 1.165) is 0 Å². The second kappa shape index (κ2) is 5.32. The van der Waals surface area contributed by atoms with Crippen LogP contribution in [0.15, 0.2) is 30.3 Å². The van der Waals surface area contributed by atoms with Crippen molar-refractivity contribution in [2.75, 3.05) is 0 Å². The van der Waals surface area contributed by atoms with Gasteiger partial charge in [0.15, 0.2) is 0 Å². The Morgan fingerprint density at radius 3 is 1.80 bits per heavy atom. The summed E-state index contributed by atoms with van der Waals surface area (Å²) in [6.45, 7) is 8.48. The van der Waals surface area contributed by atoms with Crippen molar-refractivity contribution < 1.29 is 5.11 Å².